The molecule has 3 aromatic carbocycles. The number of benzene rings is 3. The van der Waals surface area contributed by atoms with Gasteiger partial charge in [-0.15, -0.1) is 0 Å². The monoisotopic (exact) mass is 630 g/mol. The first-order chi connectivity index (χ1) is 18.4. The number of nitrogens with one attached hydrogen (secondary N) is 1. The van der Waals surface area contributed by atoms with E-state index in [1.807, 2.05) is 13.0 Å². The molecule has 3 rings (SSSR count). The Morgan fingerprint density at radius 2 is 1.74 bits per heavy atom. The van der Waals surface area contributed by atoms with E-state index in [2.05, 4.69) is 39.7 Å². The van der Waals surface area contributed by atoms with Gasteiger partial charge in [0, 0.05) is 5.56 Å². The Balaban J connectivity index is 1.67. The first-order valence-electron chi connectivity index (χ1n) is 11.5. The number of hydrogen-bond donors (Lipinski definition) is 2. The molecule has 3 aromatic rings. The second-order valence-corrected chi connectivity index (χ2v) is 8.88. The van der Waals surface area contributed by atoms with Crippen molar-refractivity contribution >= 4 is 40.7 Å². The predicted molar refractivity (Wildman–Crippen MR) is 152 cm³/mol. The van der Waals surface area contributed by atoms with E-state index in [0.717, 1.165) is 9.13 Å². The first-order valence-corrected chi connectivity index (χ1v) is 12.6. The number of ether oxygens (including phenoxy) is 4. The van der Waals surface area contributed by atoms with E-state index in [4.69, 9.17) is 24.1 Å². The highest BCUT2D eigenvalue weighted by molar-refractivity contribution is 14.1. The van der Waals surface area contributed by atoms with Crippen LogP contribution in [0.15, 0.2) is 72.4 Å². The lowest BCUT2D eigenvalue weighted by Gasteiger charge is -2.14. The lowest BCUT2D eigenvalue weighted by atomic mass is 10.1. The van der Waals surface area contributed by atoms with Gasteiger partial charge in [0.25, 0.3) is 5.91 Å². The average molecular weight is 630 g/mol. The molecule has 0 fully saturated rings. The summed E-state index contributed by atoms with van der Waals surface area (Å²) in [7, 11) is 1.53. The largest absolute Gasteiger partial charge is 0.493 e. The summed E-state index contributed by atoms with van der Waals surface area (Å²) >= 11 is 2.13. The number of halogens is 1. The minimum absolute atomic E-state index is 0.209. The molecule has 0 aliphatic rings. The fraction of sp³-hybridized carbons (Fsp3) is 0.179. The van der Waals surface area contributed by atoms with Crippen molar-refractivity contribution in [2.75, 3.05) is 20.3 Å². The Morgan fingerprint density at radius 1 is 1.00 bits per heavy atom. The highest BCUT2D eigenvalue weighted by atomic mass is 127. The number of methoxy groups -OCH3 is 1. The van der Waals surface area contributed by atoms with E-state index >= 15 is 0 Å². The molecule has 0 bridgehead atoms. The molecule has 38 heavy (non-hydrogen) atoms. The van der Waals surface area contributed by atoms with Crippen LogP contribution in [0.4, 0.5) is 0 Å². The third kappa shape index (κ3) is 7.72. The van der Waals surface area contributed by atoms with Gasteiger partial charge in [-0.3, -0.25) is 4.79 Å². The zero-order chi connectivity index (χ0) is 27.5. The fourth-order valence-corrected chi connectivity index (χ4v) is 4.05. The van der Waals surface area contributed by atoms with Crippen LogP contribution in [0, 0.1) is 3.57 Å². The number of amides is 1. The smallest absolute Gasteiger partial charge is 0.335 e. The predicted octanol–water partition coefficient (Wildman–Crippen LogP) is 5.30. The number of carboxylic acid groups (broad SMARTS) is 1. The van der Waals surface area contributed by atoms with Gasteiger partial charge in [-0.25, -0.2) is 10.2 Å². The third-order valence-electron chi connectivity index (χ3n) is 5.08. The Hall–Kier alpha value is -4.06. The van der Waals surface area contributed by atoms with Crippen molar-refractivity contribution in [1.82, 2.24) is 5.43 Å². The van der Waals surface area contributed by atoms with Gasteiger partial charge in [-0.1, -0.05) is 24.8 Å². The van der Waals surface area contributed by atoms with Crippen molar-refractivity contribution in [3.8, 4) is 23.0 Å². The number of hydrazone groups is 1. The van der Waals surface area contributed by atoms with Crippen LogP contribution < -0.4 is 24.4 Å². The zero-order valence-electron chi connectivity index (χ0n) is 20.9. The summed E-state index contributed by atoms with van der Waals surface area (Å²) in [6.45, 7) is 6.45. The summed E-state index contributed by atoms with van der Waals surface area (Å²) < 4.78 is 23.4. The molecule has 0 unspecified atom stereocenters. The highest BCUT2D eigenvalue weighted by Crippen LogP contribution is 2.34. The van der Waals surface area contributed by atoms with Crippen molar-refractivity contribution in [2.24, 2.45) is 5.10 Å². The van der Waals surface area contributed by atoms with Crippen molar-refractivity contribution in [2.45, 2.75) is 13.5 Å². The number of hydrogen-bond acceptors (Lipinski definition) is 7. The molecule has 0 saturated heterocycles. The molecule has 0 atom stereocenters. The molecule has 0 radical (unpaired) electrons. The van der Waals surface area contributed by atoms with Crippen molar-refractivity contribution < 1.29 is 33.6 Å². The second-order valence-electron chi connectivity index (χ2n) is 7.72. The van der Waals surface area contributed by atoms with Crippen LogP contribution in [0.5, 0.6) is 23.0 Å². The molecule has 9 nitrogen and oxygen atoms in total. The number of carbonyl (C=O) groups excluding carboxylic acids is 1. The van der Waals surface area contributed by atoms with E-state index < -0.39 is 11.9 Å². The van der Waals surface area contributed by atoms with Gasteiger partial charge in [0.15, 0.2) is 23.0 Å². The quantitative estimate of drug-likeness (QED) is 0.114. The summed E-state index contributed by atoms with van der Waals surface area (Å²) in [5, 5.41) is 13.1. The van der Waals surface area contributed by atoms with Crippen LogP contribution in [-0.2, 0) is 6.61 Å². The van der Waals surface area contributed by atoms with Crippen LogP contribution in [0.25, 0.3) is 0 Å². The molecule has 0 aliphatic heterocycles. The average Bonchev–Trinajstić information content (AvgIpc) is 2.91. The van der Waals surface area contributed by atoms with Crippen molar-refractivity contribution in [3.05, 3.63) is 93.1 Å². The molecule has 1 amide bonds. The van der Waals surface area contributed by atoms with Crippen LogP contribution in [0.3, 0.4) is 0 Å². The number of nitrogens with zero attached hydrogens (tertiary/aromatic N) is 1. The van der Waals surface area contributed by atoms with Gasteiger partial charge in [0.2, 0.25) is 0 Å². The maximum atomic E-state index is 12.6. The SMILES string of the molecule is C=CCOc1ccc(C(=O)N/N=C/c2cc(I)c(OCc3ccc(C(=O)O)cc3)c(OC)c2)cc1OCC. The van der Waals surface area contributed by atoms with Crippen LogP contribution in [0.1, 0.15) is 38.8 Å². The number of carboxylic acids is 1. The van der Waals surface area contributed by atoms with Crippen molar-refractivity contribution in [3.63, 3.8) is 0 Å². The van der Waals surface area contributed by atoms with E-state index in [9.17, 15) is 9.59 Å². The zero-order valence-corrected chi connectivity index (χ0v) is 23.1. The van der Waals surface area contributed by atoms with E-state index in [-0.39, 0.29) is 12.2 Å². The van der Waals surface area contributed by atoms with E-state index in [1.54, 1.807) is 42.5 Å². The third-order valence-corrected chi connectivity index (χ3v) is 5.88. The summed E-state index contributed by atoms with van der Waals surface area (Å²) in [4.78, 5) is 23.6. The molecule has 2 N–H and O–H groups in total. The molecule has 10 heteroatoms. The van der Waals surface area contributed by atoms with Gasteiger partial charge in [0.05, 0.1) is 29.1 Å². The topological polar surface area (TPSA) is 116 Å². The van der Waals surface area contributed by atoms with Crippen LogP contribution in [-0.4, -0.2) is 43.5 Å². The van der Waals surface area contributed by atoms with Gasteiger partial charge < -0.3 is 24.1 Å². The molecule has 0 saturated carbocycles. The highest BCUT2D eigenvalue weighted by Gasteiger charge is 2.13. The normalized spacial score (nSPS) is 10.6. The minimum atomic E-state index is -0.982. The molecule has 0 spiro atoms. The Bertz CT molecular complexity index is 1320. The number of aromatic carboxylic acids is 1. The maximum Gasteiger partial charge on any atom is 0.335 e. The van der Waals surface area contributed by atoms with Gasteiger partial charge >= 0.3 is 5.97 Å². The Kier molecular flexibility index (Phi) is 10.5. The molecule has 0 aliphatic carbocycles. The Labute approximate surface area is 234 Å². The summed E-state index contributed by atoms with van der Waals surface area (Å²) in [6.07, 6.45) is 3.13. The number of rotatable bonds is 13. The molecular formula is C28H27IN2O7. The van der Waals surface area contributed by atoms with Gasteiger partial charge in [0.1, 0.15) is 13.2 Å². The molecule has 198 valence electrons. The lowest BCUT2D eigenvalue weighted by Crippen LogP contribution is -2.17. The first kappa shape index (κ1) is 28.5. The molecule has 0 aromatic heterocycles. The maximum absolute atomic E-state index is 12.6. The summed E-state index contributed by atoms with van der Waals surface area (Å²) in [6, 6.07) is 14.9. The Morgan fingerprint density at radius 3 is 2.39 bits per heavy atom. The minimum Gasteiger partial charge on any atom is -0.493 e. The standard InChI is InChI=1S/C28H27IN2O7/c1-4-12-37-23-11-10-21(15-24(23)36-5-2)27(32)31-30-16-19-13-22(29)26(25(14-19)35-3)38-17-18-6-8-20(9-7-18)28(33)34/h4,6-11,13-16H,1,5,12,17H2,2-3H3,(H,31,32)(H,33,34)/b30-16+. The molecular weight excluding hydrogens is 603 g/mol. The van der Waals surface area contributed by atoms with E-state index in [0.29, 0.717) is 47.3 Å². The fourth-order valence-electron chi connectivity index (χ4n) is 3.27. The second kappa shape index (κ2) is 14.0. The molecule has 0 heterocycles. The van der Waals surface area contributed by atoms with Crippen molar-refractivity contribution in [1.29, 1.82) is 0 Å². The number of carbonyl (C=O) groups is 2. The van der Waals surface area contributed by atoms with E-state index in [1.165, 1.54) is 25.5 Å². The van der Waals surface area contributed by atoms with Crippen LogP contribution in [0.2, 0.25) is 0 Å². The summed E-state index contributed by atoms with van der Waals surface area (Å²) in [5.41, 5.74) is 4.59. The summed E-state index contributed by atoms with van der Waals surface area (Å²) in [5.74, 6) is 0.617. The van der Waals surface area contributed by atoms with Gasteiger partial charge in [-0.05, 0) is 83.1 Å². The van der Waals surface area contributed by atoms with Gasteiger partial charge in [-0.2, -0.15) is 5.10 Å². The lowest BCUT2D eigenvalue weighted by molar-refractivity contribution is 0.0696. The van der Waals surface area contributed by atoms with Crippen LogP contribution >= 0.6 is 22.6 Å².